The normalized spacial score (nSPS) is 16.2. The first-order valence-electron chi connectivity index (χ1n) is 9.91. The standard InChI is InChI=1S/C22H26N4O2S/c1-29(27,28)17-20-6-5-9-22(24-20)19-10-12-25(13-11-19)15-18-14-23-26(16-18)21-7-3-2-4-8-21/h2-9,14,16,19H,10-13,15,17H2,1H3. The molecule has 1 fully saturated rings. The van der Waals surface area contributed by atoms with Crippen molar-refractivity contribution in [3.63, 3.8) is 0 Å². The number of piperidine rings is 1. The summed E-state index contributed by atoms with van der Waals surface area (Å²) in [6, 6.07) is 15.9. The van der Waals surface area contributed by atoms with Gasteiger partial charge in [0.15, 0.2) is 9.84 Å². The molecule has 0 aliphatic carbocycles. The van der Waals surface area contributed by atoms with E-state index in [-0.39, 0.29) is 5.75 Å². The molecule has 0 amide bonds. The molecule has 0 bridgehead atoms. The van der Waals surface area contributed by atoms with Crippen molar-refractivity contribution in [2.75, 3.05) is 19.3 Å². The summed E-state index contributed by atoms with van der Waals surface area (Å²) >= 11 is 0. The zero-order valence-corrected chi connectivity index (χ0v) is 17.4. The Morgan fingerprint density at radius 2 is 1.79 bits per heavy atom. The molecule has 1 aromatic carbocycles. The lowest BCUT2D eigenvalue weighted by Crippen LogP contribution is -2.32. The molecular weight excluding hydrogens is 384 g/mol. The van der Waals surface area contributed by atoms with Crippen molar-refractivity contribution < 1.29 is 8.42 Å². The van der Waals surface area contributed by atoms with Gasteiger partial charge in [-0.2, -0.15) is 5.10 Å². The lowest BCUT2D eigenvalue weighted by atomic mass is 9.93. The summed E-state index contributed by atoms with van der Waals surface area (Å²) in [5.74, 6) is 0.392. The van der Waals surface area contributed by atoms with E-state index in [1.165, 1.54) is 11.8 Å². The van der Waals surface area contributed by atoms with Gasteiger partial charge in [-0.3, -0.25) is 9.88 Å². The lowest BCUT2D eigenvalue weighted by Gasteiger charge is -2.31. The van der Waals surface area contributed by atoms with Crippen molar-refractivity contribution in [2.45, 2.75) is 31.1 Å². The molecule has 1 saturated heterocycles. The van der Waals surface area contributed by atoms with Crippen LogP contribution in [0.4, 0.5) is 0 Å². The Labute approximate surface area is 172 Å². The Kier molecular flexibility index (Phi) is 5.78. The summed E-state index contributed by atoms with van der Waals surface area (Å²) in [7, 11) is -3.06. The van der Waals surface area contributed by atoms with Crippen LogP contribution in [0.1, 0.15) is 35.7 Å². The Morgan fingerprint density at radius 3 is 2.52 bits per heavy atom. The van der Waals surface area contributed by atoms with Crippen LogP contribution in [0.15, 0.2) is 60.9 Å². The van der Waals surface area contributed by atoms with Crippen LogP contribution < -0.4 is 0 Å². The smallest absolute Gasteiger partial charge is 0.153 e. The number of likely N-dealkylation sites (tertiary alicyclic amines) is 1. The summed E-state index contributed by atoms with van der Waals surface area (Å²) in [6.45, 7) is 2.89. The SMILES string of the molecule is CS(=O)(=O)Cc1cccc(C2CCN(Cc3cnn(-c4ccccc4)c3)CC2)n1. The number of hydrogen-bond donors (Lipinski definition) is 0. The average molecular weight is 411 g/mol. The van der Waals surface area contributed by atoms with E-state index in [9.17, 15) is 8.42 Å². The van der Waals surface area contributed by atoms with E-state index < -0.39 is 9.84 Å². The fraction of sp³-hybridized carbons (Fsp3) is 0.364. The molecule has 0 N–H and O–H groups in total. The quantitative estimate of drug-likeness (QED) is 0.624. The molecule has 0 unspecified atom stereocenters. The molecule has 1 aliphatic heterocycles. The average Bonchev–Trinajstić information content (AvgIpc) is 3.17. The van der Waals surface area contributed by atoms with E-state index in [1.807, 2.05) is 53.3 Å². The predicted molar refractivity (Wildman–Crippen MR) is 114 cm³/mol. The highest BCUT2D eigenvalue weighted by Gasteiger charge is 2.22. The Hall–Kier alpha value is -2.51. The van der Waals surface area contributed by atoms with Gasteiger partial charge in [0.2, 0.25) is 0 Å². The van der Waals surface area contributed by atoms with E-state index >= 15 is 0 Å². The number of sulfone groups is 1. The number of nitrogens with zero attached hydrogens (tertiary/aromatic N) is 4. The fourth-order valence-electron chi connectivity index (χ4n) is 3.88. The second-order valence-corrected chi connectivity index (χ2v) is 9.94. The number of para-hydroxylation sites is 1. The molecule has 7 heteroatoms. The van der Waals surface area contributed by atoms with Gasteiger partial charge in [-0.15, -0.1) is 0 Å². The summed E-state index contributed by atoms with van der Waals surface area (Å²) in [4.78, 5) is 7.06. The van der Waals surface area contributed by atoms with Gasteiger partial charge in [-0.1, -0.05) is 24.3 Å². The second-order valence-electron chi connectivity index (χ2n) is 7.80. The summed E-state index contributed by atoms with van der Waals surface area (Å²) in [5, 5.41) is 4.48. The van der Waals surface area contributed by atoms with Crippen LogP contribution in [0.3, 0.4) is 0 Å². The molecule has 0 spiro atoms. The highest BCUT2D eigenvalue weighted by Crippen LogP contribution is 2.27. The maximum Gasteiger partial charge on any atom is 0.153 e. The van der Waals surface area contributed by atoms with Gasteiger partial charge in [0.25, 0.3) is 0 Å². The van der Waals surface area contributed by atoms with Gasteiger partial charge in [-0.25, -0.2) is 13.1 Å². The highest BCUT2D eigenvalue weighted by molar-refractivity contribution is 7.89. The van der Waals surface area contributed by atoms with E-state index in [2.05, 4.69) is 21.2 Å². The van der Waals surface area contributed by atoms with Crippen molar-refractivity contribution >= 4 is 9.84 Å². The number of aromatic nitrogens is 3. The predicted octanol–water partition coefficient (Wildman–Crippen LogP) is 3.19. The van der Waals surface area contributed by atoms with Crippen LogP contribution in [0.2, 0.25) is 0 Å². The van der Waals surface area contributed by atoms with E-state index in [1.54, 1.807) is 6.07 Å². The molecule has 3 heterocycles. The molecule has 0 atom stereocenters. The van der Waals surface area contributed by atoms with Gasteiger partial charge < -0.3 is 0 Å². The molecule has 2 aromatic heterocycles. The largest absolute Gasteiger partial charge is 0.299 e. The second kappa shape index (κ2) is 8.47. The van der Waals surface area contributed by atoms with Crippen LogP contribution in [-0.2, 0) is 22.1 Å². The third-order valence-corrected chi connectivity index (χ3v) is 6.13. The van der Waals surface area contributed by atoms with E-state index in [0.29, 0.717) is 11.6 Å². The number of hydrogen-bond acceptors (Lipinski definition) is 5. The molecule has 1 aliphatic rings. The van der Waals surface area contributed by atoms with Gasteiger partial charge >= 0.3 is 0 Å². The topological polar surface area (TPSA) is 68.1 Å². The number of pyridine rings is 1. The van der Waals surface area contributed by atoms with Crippen LogP contribution in [0.25, 0.3) is 5.69 Å². The number of benzene rings is 1. The van der Waals surface area contributed by atoms with Gasteiger partial charge in [0.1, 0.15) is 0 Å². The van der Waals surface area contributed by atoms with Crippen molar-refractivity contribution in [2.24, 2.45) is 0 Å². The van der Waals surface area contributed by atoms with Crippen molar-refractivity contribution in [1.29, 1.82) is 0 Å². The van der Waals surface area contributed by atoms with E-state index in [4.69, 9.17) is 0 Å². The van der Waals surface area contributed by atoms with Crippen LogP contribution in [-0.4, -0.2) is 47.4 Å². The van der Waals surface area contributed by atoms with Crippen LogP contribution in [0, 0.1) is 0 Å². The minimum atomic E-state index is -3.06. The highest BCUT2D eigenvalue weighted by atomic mass is 32.2. The lowest BCUT2D eigenvalue weighted by molar-refractivity contribution is 0.203. The first kappa shape index (κ1) is 19.8. The van der Waals surface area contributed by atoms with Crippen molar-refractivity contribution in [3.05, 3.63) is 77.9 Å². The monoisotopic (exact) mass is 410 g/mol. The minimum absolute atomic E-state index is 0.00505. The van der Waals surface area contributed by atoms with Crippen LogP contribution >= 0.6 is 0 Å². The molecule has 6 nitrogen and oxygen atoms in total. The third kappa shape index (κ3) is 5.31. The molecule has 29 heavy (non-hydrogen) atoms. The first-order valence-corrected chi connectivity index (χ1v) is 12.0. The minimum Gasteiger partial charge on any atom is -0.299 e. The fourth-order valence-corrected chi connectivity index (χ4v) is 4.58. The number of rotatable bonds is 6. The Balaban J connectivity index is 1.34. The zero-order valence-electron chi connectivity index (χ0n) is 16.6. The van der Waals surface area contributed by atoms with Crippen LogP contribution in [0.5, 0.6) is 0 Å². The summed E-state index contributed by atoms with van der Waals surface area (Å²) in [5.41, 5.74) is 3.93. The van der Waals surface area contributed by atoms with Gasteiger partial charge in [0, 0.05) is 36.2 Å². The Morgan fingerprint density at radius 1 is 1.03 bits per heavy atom. The van der Waals surface area contributed by atoms with Crippen molar-refractivity contribution in [1.82, 2.24) is 19.7 Å². The van der Waals surface area contributed by atoms with E-state index in [0.717, 1.165) is 43.9 Å². The zero-order chi connectivity index (χ0) is 20.3. The molecule has 4 rings (SSSR count). The van der Waals surface area contributed by atoms with Gasteiger partial charge in [0.05, 0.1) is 23.3 Å². The molecule has 3 aromatic rings. The summed E-state index contributed by atoms with van der Waals surface area (Å²) in [6.07, 6.45) is 7.34. The van der Waals surface area contributed by atoms with Gasteiger partial charge in [-0.05, 0) is 50.2 Å². The maximum absolute atomic E-state index is 11.5. The molecular formula is C22H26N4O2S. The molecule has 152 valence electrons. The van der Waals surface area contributed by atoms with Crippen molar-refractivity contribution in [3.8, 4) is 5.69 Å². The first-order chi connectivity index (χ1) is 14.0. The Bertz CT molecular complexity index is 1060. The third-order valence-electron chi connectivity index (χ3n) is 5.31. The maximum atomic E-state index is 11.5. The summed E-state index contributed by atoms with van der Waals surface area (Å²) < 4.78 is 25.0. The molecule has 0 radical (unpaired) electrons. The molecule has 0 saturated carbocycles.